The van der Waals surface area contributed by atoms with Gasteiger partial charge in [-0.1, -0.05) is 6.92 Å². The van der Waals surface area contributed by atoms with Crippen LogP contribution in [-0.4, -0.2) is 26.5 Å². The summed E-state index contributed by atoms with van der Waals surface area (Å²) in [5, 5.41) is 11.5. The first-order valence-corrected chi connectivity index (χ1v) is 5.85. The van der Waals surface area contributed by atoms with Crippen molar-refractivity contribution in [2.75, 3.05) is 5.32 Å². The fraction of sp³-hybridized carbons (Fsp3) is 0.455. The average molecular weight is 267 g/mol. The molecular formula is C11H13N3O5. The number of nitrogens with one attached hydrogen (secondary N) is 2. The Morgan fingerprint density at radius 1 is 1.42 bits per heavy atom. The molecule has 1 atom stereocenters. The highest BCUT2D eigenvalue weighted by molar-refractivity contribution is 5.98. The predicted octanol–water partition coefficient (Wildman–Crippen LogP) is -0.543. The molecule has 2 heterocycles. The van der Waals surface area contributed by atoms with Gasteiger partial charge in [0.15, 0.2) is 0 Å². The van der Waals surface area contributed by atoms with Crippen molar-refractivity contribution in [1.29, 1.82) is 0 Å². The number of rotatable bonds is 3. The Balaban J connectivity index is 2.75. The van der Waals surface area contributed by atoms with E-state index in [0.717, 1.165) is 0 Å². The molecule has 1 aromatic heterocycles. The number of carboxylic acids is 1. The first-order chi connectivity index (χ1) is 8.95. The summed E-state index contributed by atoms with van der Waals surface area (Å²) < 4.78 is 1.18. The van der Waals surface area contributed by atoms with E-state index < -0.39 is 29.0 Å². The summed E-state index contributed by atoms with van der Waals surface area (Å²) in [6.45, 7) is 2.10. The molecule has 1 aliphatic heterocycles. The fourth-order valence-corrected chi connectivity index (χ4v) is 2.16. The SMILES string of the molecule is CCCn1c2c(c(=O)[nH]c1=O)C(C(=O)O)CC(=O)N2. The maximum absolute atomic E-state index is 11.8. The Kier molecular flexibility index (Phi) is 3.24. The van der Waals surface area contributed by atoms with E-state index in [-0.39, 0.29) is 24.3 Å². The van der Waals surface area contributed by atoms with Gasteiger partial charge in [-0.25, -0.2) is 4.79 Å². The number of H-pyrrole nitrogens is 1. The molecular weight excluding hydrogens is 254 g/mol. The Morgan fingerprint density at radius 3 is 2.68 bits per heavy atom. The second-order valence-electron chi connectivity index (χ2n) is 4.32. The number of aromatic amines is 1. The van der Waals surface area contributed by atoms with E-state index in [0.29, 0.717) is 6.42 Å². The van der Waals surface area contributed by atoms with Gasteiger partial charge in [0.2, 0.25) is 5.91 Å². The van der Waals surface area contributed by atoms with Gasteiger partial charge >= 0.3 is 11.7 Å². The number of amides is 1. The number of carboxylic acid groups (broad SMARTS) is 1. The summed E-state index contributed by atoms with van der Waals surface area (Å²) in [5.74, 6) is -3.01. The quantitative estimate of drug-likeness (QED) is 0.678. The van der Waals surface area contributed by atoms with Crippen LogP contribution < -0.4 is 16.6 Å². The van der Waals surface area contributed by atoms with Crippen LogP contribution in [0.2, 0.25) is 0 Å². The second-order valence-corrected chi connectivity index (χ2v) is 4.32. The molecule has 0 saturated heterocycles. The maximum Gasteiger partial charge on any atom is 0.329 e. The van der Waals surface area contributed by atoms with Crippen molar-refractivity contribution in [1.82, 2.24) is 9.55 Å². The van der Waals surface area contributed by atoms with E-state index in [1.54, 1.807) is 0 Å². The highest BCUT2D eigenvalue weighted by atomic mass is 16.4. The van der Waals surface area contributed by atoms with Gasteiger partial charge in [-0.05, 0) is 6.42 Å². The van der Waals surface area contributed by atoms with Gasteiger partial charge in [-0.3, -0.25) is 23.9 Å². The Labute approximate surface area is 107 Å². The van der Waals surface area contributed by atoms with Gasteiger partial charge in [0.25, 0.3) is 5.56 Å². The maximum atomic E-state index is 11.8. The number of anilines is 1. The van der Waals surface area contributed by atoms with Crippen LogP contribution in [0.15, 0.2) is 9.59 Å². The standard InChI is InChI=1S/C11H13N3O5/c1-2-3-14-8-7(9(16)13-11(14)19)5(10(17)18)4-6(15)12-8/h5H,2-4H2,1H3,(H,12,15)(H,17,18)(H,13,16,19). The monoisotopic (exact) mass is 267 g/mol. The molecule has 1 amide bonds. The van der Waals surface area contributed by atoms with Crippen molar-refractivity contribution >= 4 is 17.7 Å². The number of aliphatic carboxylic acids is 1. The fourth-order valence-electron chi connectivity index (χ4n) is 2.16. The van der Waals surface area contributed by atoms with Crippen LogP contribution in [0.3, 0.4) is 0 Å². The van der Waals surface area contributed by atoms with Crippen molar-refractivity contribution in [2.24, 2.45) is 0 Å². The van der Waals surface area contributed by atoms with Gasteiger partial charge in [0, 0.05) is 13.0 Å². The molecule has 102 valence electrons. The highest BCUT2D eigenvalue weighted by Crippen LogP contribution is 2.28. The van der Waals surface area contributed by atoms with Gasteiger partial charge in [0.1, 0.15) is 5.82 Å². The van der Waals surface area contributed by atoms with Crippen LogP contribution in [-0.2, 0) is 16.1 Å². The second kappa shape index (κ2) is 4.71. The minimum Gasteiger partial charge on any atom is -0.481 e. The lowest BCUT2D eigenvalue weighted by molar-refractivity contribution is -0.140. The first kappa shape index (κ1) is 13.1. The van der Waals surface area contributed by atoms with Crippen LogP contribution in [0.4, 0.5) is 5.82 Å². The summed E-state index contributed by atoms with van der Waals surface area (Å²) in [4.78, 5) is 48.2. The Morgan fingerprint density at radius 2 is 2.11 bits per heavy atom. The summed E-state index contributed by atoms with van der Waals surface area (Å²) in [6.07, 6.45) is 0.293. The van der Waals surface area contributed by atoms with Gasteiger partial charge in [-0.2, -0.15) is 0 Å². The zero-order chi connectivity index (χ0) is 14.2. The van der Waals surface area contributed by atoms with Crippen LogP contribution in [0.5, 0.6) is 0 Å². The van der Waals surface area contributed by atoms with Crippen molar-refractivity contribution in [3.8, 4) is 0 Å². The highest BCUT2D eigenvalue weighted by Gasteiger charge is 2.35. The molecule has 0 fully saturated rings. The van der Waals surface area contributed by atoms with Crippen molar-refractivity contribution in [3.63, 3.8) is 0 Å². The molecule has 0 aromatic carbocycles. The van der Waals surface area contributed by atoms with Gasteiger partial charge < -0.3 is 10.4 Å². The molecule has 1 aromatic rings. The third kappa shape index (κ3) is 2.16. The Hall–Kier alpha value is -2.38. The van der Waals surface area contributed by atoms with E-state index in [4.69, 9.17) is 5.11 Å². The van der Waals surface area contributed by atoms with Crippen LogP contribution in [0.25, 0.3) is 0 Å². The molecule has 8 heteroatoms. The predicted molar refractivity (Wildman–Crippen MR) is 65.2 cm³/mol. The van der Waals surface area contributed by atoms with E-state index in [9.17, 15) is 19.2 Å². The van der Waals surface area contributed by atoms with Crippen molar-refractivity contribution < 1.29 is 14.7 Å². The summed E-state index contributed by atoms with van der Waals surface area (Å²) >= 11 is 0. The largest absolute Gasteiger partial charge is 0.481 e. The zero-order valence-corrected chi connectivity index (χ0v) is 10.2. The molecule has 0 bridgehead atoms. The van der Waals surface area contributed by atoms with Crippen LogP contribution in [0, 0.1) is 0 Å². The van der Waals surface area contributed by atoms with Gasteiger partial charge in [-0.15, -0.1) is 0 Å². The number of hydrogen-bond donors (Lipinski definition) is 3. The van der Waals surface area contributed by atoms with E-state index >= 15 is 0 Å². The number of carbonyl (C=O) groups excluding carboxylic acids is 1. The van der Waals surface area contributed by atoms with Crippen LogP contribution >= 0.6 is 0 Å². The normalized spacial score (nSPS) is 17.7. The van der Waals surface area contributed by atoms with Gasteiger partial charge in [0.05, 0.1) is 11.5 Å². The molecule has 1 aliphatic rings. The third-order valence-corrected chi connectivity index (χ3v) is 2.98. The molecule has 0 radical (unpaired) electrons. The molecule has 19 heavy (non-hydrogen) atoms. The lowest BCUT2D eigenvalue weighted by Crippen LogP contribution is -2.41. The molecule has 0 saturated carbocycles. The molecule has 2 rings (SSSR count). The first-order valence-electron chi connectivity index (χ1n) is 5.85. The number of fused-ring (bicyclic) bond motifs is 1. The third-order valence-electron chi connectivity index (χ3n) is 2.98. The minimum absolute atomic E-state index is 0.000694. The topological polar surface area (TPSA) is 121 Å². The smallest absolute Gasteiger partial charge is 0.329 e. The van der Waals surface area contributed by atoms with Crippen LogP contribution in [0.1, 0.15) is 31.2 Å². The molecule has 0 spiro atoms. The zero-order valence-electron chi connectivity index (χ0n) is 10.2. The lowest BCUT2D eigenvalue weighted by atomic mass is 9.93. The number of hydrogen-bond acceptors (Lipinski definition) is 4. The number of nitrogens with zero attached hydrogens (tertiary/aromatic N) is 1. The lowest BCUT2D eigenvalue weighted by Gasteiger charge is -2.24. The summed E-state index contributed by atoms with van der Waals surface area (Å²) in [6, 6.07) is 0. The van der Waals surface area contributed by atoms with E-state index in [1.807, 2.05) is 6.92 Å². The number of aromatic nitrogens is 2. The molecule has 3 N–H and O–H groups in total. The summed E-state index contributed by atoms with van der Waals surface area (Å²) in [5.41, 5.74) is -1.49. The molecule has 8 nitrogen and oxygen atoms in total. The number of carbonyl (C=O) groups is 2. The summed E-state index contributed by atoms with van der Waals surface area (Å²) in [7, 11) is 0. The van der Waals surface area contributed by atoms with Crippen molar-refractivity contribution in [2.45, 2.75) is 32.2 Å². The van der Waals surface area contributed by atoms with E-state index in [2.05, 4.69) is 10.3 Å². The Bertz CT molecular complexity index is 657. The average Bonchev–Trinajstić information content (AvgIpc) is 2.32. The van der Waals surface area contributed by atoms with E-state index in [1.165, 1.54) is 4.57 Å². The van der Waals surface area contributed by atoms with Crippen molar-refractivity contribution in [3.05, 3.63) is 26.4 Å². The minimum atomic E-state index is -1.26. The molecule has 1 unspecified atom stereocenters. The molecule has 0 aliphatic carbocycles.